The maximum Gasteiger partial charge on any atom is 0.266 e. The van der Waals surface area contributed by atoms with E-state index in [2.05, 4.69) is 10.4 Å². The Labute approximate surface area is 161 Å². The molecule has 0 atom stereocenters. The summed E-state index contributed by atoms with van der Waals surface area (Å²) in [6, 6.07) is 18.8. The number of aromatic nitrogens is 2. The Hall–Kier alpha value is -3.92. The monoisotopic (exact) mass is 374 g/mol. The van der Waals surface area contributed by atoms with Crippen LogP contribution in [0.1, 0.15) is 15.9 Å². The highest BCUT2D eigenvalue weighted by Crippen LogP contribution is 2.19. The first-order valence-electron chi connectivity index (χ1n) is 8.61. The molecule has 7 nitrogen and oxygen atoms in total. The van der Waals surface area contributed by atoms with Gasteiger partial charge in [-0.25, -0.2) is 4.68 Å². The van der Waals surface area contributed by atoms with Crippen molar-refractivity contribution in [3.05, 3.63) is 82.1 Å². The summed E-state index contributed by atoms with van der Waals surface area (Å²) in [6.45, 7) is 0.489. The lowest BCUT2D eigenvalue weighted by atomic mass is 10.1. The molecule has 3 rings (SSSR count). The topological polar surface area (TPSA) is 97.0 Å². The van der Waals surface area contributed by atoms with E-state index in [1.54, 1.807) is 37.4 Å². The molecule has 0 saturated carbocycles. The molecule has 0 unspecified atom stereocenters. The number of nitrogens with zero attached hydrogens (tertiary/aromatic N) is 3. The molecule has 0 bridgehead atoms. The van der Waals surface area contributed by atoms with Gasteiger partial charge in [0.15, 0.2) is 0 Å². The van der Waals surface area contributed by atoms with Crippen molar-refractivity contribution in [1.29, 1.82) is 5.26 Å². The predicted molar refractivity (Wildman–Crippen MR) is 104 cm³/mol. The highest BCUT2D eigenvalue weighted by molar-refractivity contribution is 5.94. The molecular weight excluding hydrogens is 356 g/mol. The second-order valence-electron chi connectivity index (χ2n) is 5.95. The third kappa shape index (κ3) is 4.43. The Morgan fingerprint density at radius 1 is 1.11 bits per heavy atom. The summed E-state index contributed by atoms with van der Waals surface area (Å²) in [7, 11) is 1.60. The largest absolute Gasteiger partial charge is 0.497 e. The maximum atomic E-state index is 12.2. The molecule has 0 aliphatic carbocycles. The molecule has 1 aromatic heterocycles. The predicted octanol–water partition coefficient (Wildman–Crippen LogP) is 2.22. The molecule has 0 aliphatic heterocycles. The average Bonchev–Trinajstić information content (AvgIpc) is 2.75. The van der Waals surface area contributed by atoms with Gasteiger partial charge in [0.1, 0.15) is 5.75 Å². The van der Waals surface area contributed by atoms with Crippen LogP contribution >= 0.6 is 0 Å². The molecule has 0 radical (unpaired) electrons. The number of benzene rings is 2. The van der Waals surface area contributed by atoms with Crippen molar-refractivity contribution in [3.63, 3.8) is 0 Å². The van der Waals surface area contributed by atoms with Crippen molar-refractivity contribution in [2.45, 2.75) is 6.54 Å². The van der Waals surface area contributed by atoms with Gasteiger partial charge in [-0.2, -0.15) is 10.4 Å². The van der Waals surface area contributed by atoms with Gasteiger partial charge in [-0.15, -0.1) is 0 Å². The van der Waals surface area contributed by atoms with E-state index < -0.39 is 0 Å². The van der Waals surface area contributed by atoms with Crippen LogP contribution in [0.3, 0.4) is 0 Å². The highest BCUT2D eigenvalue weighted by Gasteiger charge is 2.07. The lowest BCUT2D eigenvalue weighted by molar-refractivity contribution is 0.0951. The van der Waals surface area contributed by atoms with E-state index in [0.29, 0.717) is 16.8 Å². The number of amides is 1. The van der Waals surface area contributed by atoms with Crippen LogP contribution in [0.5, 0.6) is 5.75 Å². The minimum atomic E-state index is -0.274. The molecule has 2 aromatic carbocycles. The van der Waals surface area contributed by atoms with Crippen LogP contribution in [0.15, 0.2) is 65.5 Å². The van der Waals surface area contributed by atoms with E-state index in [1.165, 1.54) is 10.7 Å². The molecule has 3 aromatic rings. The van der Waals surface area contributed by atoms with Gasteiger partial charge in [0, 0.05) is 23.7 Å². The van der Waals surface area contributed by atoms with Crippen molar-refractivity contribution >= 4 is 5.91 Å². The van der Waals surface area contributed by atoms with Crippen LogP contribution in [0.25, 0.3) is 11.3 Å². The number of rotatable bonds is 6. The van der Waals surface area contributed by atoms with E-state index in [0.717, 1.165) is 11.3 Å². The van der Waals surface area contributed by atoms with E-state index in [4.69, 9.17) is 10.00 Å². The van der Waals surface area contributed by atoms with Crippen LogP contribution in [0.2, 0.25) is 0 Å². The summed E-state index contributed by atoms with van der Waals surface area (Å²) in [4.78, 5) is 24.2. The molecule has 0 saturated heterocycles. The van der Waals surface area contributed by atoms with Crippen molar-refractivity contribution in [2.24, 2.45) is 0 Å². The van der Waals surface area contributed by atoms with Gasteiger partial charge in [-0.1, -0.05) is 0 Å². The van der Waals surface area contributed by atoms with Gasteiger partial charge in [0.05, 0.1) is 31.0 Å². The molecule has 1 amide bonds. The van der Waals surface area contributed by atoms with Gasteiger partial charge < -0.3 is 10.1 Å². The van der Waals surface area contributed by atoms with Gasteiger partial charge in [0.25, 0.3) is 11.5 Å². The second kappa shape index (κ2) is 8.64. The number of nitrogens with one attached hydrogen (secondary N) is 1. The SMILES string of the molecule is COc1ccc(-c2ccc(=O)n(CCNC(=O)c3ccc(C#N)cc3)n2)cc1. The lowest BCUT2D eigenvalue weighted by Crippen LogP contribution is -2.31. The molecule has 0 aliphatic rings. The summed E-state index contributed by atoms with van der Waals surface area (Å²) in [5.41, 5.74) is 2.20. The molecule has 28 heavy (non-hydrogen) atoms. The molecule has 0 spiro atoms. The Morgan fingerprint density at radius 2 is 1.82 bits per heavy atom. The maximum absolute atomic E-state index is 12.2. The Kier molecular flexibility index (Phi) is 5.82. The number of nitriles is 1. The van der Waals surface area contributed by atoms with E-state index in [9.17, 15) is 9.59 Å². The average molecular weight is 374 g/mol. The fourth-order valence-electron chi connectivity index (χ4n) is 2.60. The van der Waals surface area contributed by atoms with Gasteiger partial charge in [-0.05, 0) is 54.6 Å². The Balaban J connectivity index is 1.65. The van der Waals surface area contributed by atoms with Crippen LogP contribution in [-0.4, -0.2) is 29.3 Å². The summed E-state index contributed by atoms with van der Waals surface area (Å²) in [6.07, 6.45) is 0. The summed E-state index contributed by atoms with van der Waals surface area (Å²) < 4.78 is 6.46. The second-order valence-corrected chi connectivity index (χ2v) is 5.95. The zero-order valence-corrected chi connectivity index (χ0v) is 15.3. The molecule has 1 heterocycles. The number of methoxy groups -OCH3 is 1. The van der Waals surface area contributed by atoms with Crippen LogP contribution < -0.4 is 15.6 Å². The van der Waals surface area contributed by atoms with Crippen molar-refractivity contribution in [3.8, 4) is 23.1 Å². The van der Waals surface area contributed by atoms with Crippen molar-refractivity contribution in [2.75, 3.05) is 13.7 Å². The highest BCUT2D eigenvalue weighted by atomic mass is 16.5. The third-order valence-electron chi connectivity index (χ3n) is 4.14. The number of hydrogen-bond acceptors (Lipinski definition) is 5. The normalized spacial score (nSPS) is 10.1. The first-order valence-corrected chi connectivity index (χ1v) is 8.61. The van der Waals surface area contributed by atoms with Gasteiger partial charge in [0.2, 0.25) is 0 Å². The van der Waals surface area contributed by atoms with Crippen molar-refractivity contribution < 1.29 is 9.53 Å². The number of hydrogen-bond donors (Lipinski definition) is 1. The Bertz CT molecular complexity index is 1060. The summed E-state index contributed by atoms with van der Waals surface area (Å²) in [5, 5.41) is 15.9. The standard InChI is InChI=1S/C21H18N4O3/c1-28-18-8-6-16(7-9-18)19-10-11-20(26)25(24-19)13-12-23-21(27)17-4-2-15(14-22)3-5-17/h2-11H,12-13H2,1H3,(H,23,27). The molecule has 1 N–H and O–H groups in total. The molecule has 140 valence electrons. The first-order chi connectivity index (χ1) is 13.6. The van der Waals surface area contributed by atoms with Crippen LogP contribution in [0, 0.1) is 11.3 Å². The van der Waals surface area contributed by atoms with Crippen LogP contribution in [0.4, 0.5) is 0 Å². The molecule has 7 heteroatoms. The minimum Gasteiger partial charge on any atom is -0.497 e. The van der Waals surface area contributed by atoms with Crippen molar-refractivity contribution in [1.82, 2.24) is 15.1 Å². The van der Waals surface area contributed by atoms with E-state index in [-0.39, 0.29) is 24.6 Å². The van der Waals surface area contributed by atoms with E-state index in [1.807, 2.05) is 30.3 Å². The number of carbonyl (C=O) groups excluding carboxylic acids is 1. The smallest absolute Gasteiger partial charge is 0.266 e. The quantitative estimate of drug-likeness (QED) is 0.714. The summed E-state index contributed by atoms with van der Waals surface area (Å²) >= 11 is 0. The number of carbonyl (C=O) groups is 1. The fraction of sp³-hybridized carbons (Fsp3) is 0.143. The third-order valence-corrected chi connectivity index (χ3v) is 4.14. The molecule has 0 fully saturated rings. The Morgan fingerprint density at radius 3 is 2.46 bits per heavy atom. The zero-order valence-electron chi connectivity index (χ0n) is 15.3. The zero-order chi connectivity index (χ0) is 19.9. The lowest BCUT2D eigenvalue weighted by Gasteiger charge is -2.09. The van der Waals surface area contributed by atoms with Gasteiger partial charge in [-0.3, -0.25) is 9.59 Å². The first kappa shape index (κ1) is 18.9. The fourth-order valence-corrected chi connectivity index (χ4v) is 2.60. The number of ether oxygens (including phenoxy) is 1. The summed E-state index contributed by atoms with van der Waals surface area (Å²) in [5.74, 6) is 0.464. The molecular formula is C21H18N4O3. The van der Waals surface area contributed by atoms with E-state index >= 15 is 0 Å². The van der Waals surface area contributed by atoms with Gasteiger partial charge >= 0.3 is 0 Å². The van der Waals surface area contributed by atoms with Crippen LogP contribution in [-0.2, 0) is 6.54 Å². The minimum absolute atomic E-state index is 0.241.